The molecule has 2 saturated heterocycles. The maximum absolute atomic E-state index is 15.0. The smallest absolute Gasteiger partial charge is 0.446 e. The van der Waals surface area contributed by atoms with Crippen LogP contribution in [-0.2, 0) is 38.7 Å². The number of pyridine rings is 2. The van der Waals surface area contributed by atoms with Crippen LogP contribution in [-0.4, -0.2) is 85.7 Å². The van der Waals surface area contributed by atoms with Gasteiger partial charge in [0.1, 0.15) is 69.9 Å². The number of fused-ring (bicyclic) bond motifs is 4. The zero-order chi connectivity index (χ0) is 54.6. The lowest BCUT2D eigenvalue weighted by molar-refractivity contribution is -0.156. The summed E-state index contributed by atoms with van der Waals surface area (Å²) in [7, 11) is 3.28. The lowest BCUT2D eigenvalue weighted by Crippen LogP contribution is -2.51. The van der Waals surface area contributed by atoms with Gasteiger partial charge in [0.15, 0.2) is 0 Å². The van der Waals surface area contributed by atoms with Crippen molar-refractivity contribution in [2.24, 2.45) is 0 Å². The number of carbonyl (C=O) groups is 3. The second-order valence-electron chi connectivity index (χ2n) is 20.0. The number of methoxy groups -OCH3 is 2. The van der Waals surface area contributed by atoms with Gasteiger partial charge < -0.3 is 39.4 Å². The van der Waals surface area contributed by atoms with Crippen LogP contribution in [0, 0.1) is 0 Å². The van der Waals surface area contributed by atoms with E-state index in [2.05, 4.69) is 30.6 Å². The Balaban J connectivity index is 0.000000176. The van der Waals surface area contributed by atoms with Crippen LogP contribution in [0.3, 0.4) is 0 Å². The molecular formula is C56H59F3N10O9. The first-order valence-corrected chi connectivity index (χ1v) is 26.1. The summed E-state index contributed by atoms with van der Waals surface area (Å²) in [4.78, 5) is 85.1. The second kappa shape index (κ2) is 22.5. The molecule has 2 spiro atoms. The summed E-state index contributed by atoms with van der Waals surface area (Å²) in [5.41, 5.74) is 3.48. The molecule has 6 aliphatic rings. The molecule has 22 heteroatoms. The van der Waals surface area contributed by atoms with Crippen LogP contribution in [0.4, 0.5) is 36.2 Å². The molecule has 8 heterocycles. The van der Waals surface area contributed by atoms with Gasteiger partial charge in [-0.15, -0.1) is 0 Å². The molecule has 2 amide bonds. The highest BCUT2D eigenvalue weighted by Gasteiger charge is 2.53. The van der Waals surface area contributed by atoms with Gasteiger partial charge in [-0.1, -0.05) is 37.1 Å². The second-order valence-corrected chi connectivity index (χ2v) is 20.0. The van der Waals surface area contributed by atoms with Gasteiger partial charge in [0.05, 0.1) is 39.6 Å². The van der Waals surface area contributed by atoms with Crippen LogP contribution in [0.15, 0.2) is 107 Å². The molecule has 2 atom stereocenters. The molecule has 0 bridgehead atoms. The number of nitrogens with zero attached hydrogens (tertiary/aromatic N) is 8. The number of aromatic nitrogens is 6. The standard InChI is InChI=1S/C35H37N5O5.C19H21N5O3.C2HF3O/c1-43-26-10-6-24(7-11-26)21-38(31-14-18-36-23-37-31)29-20-28(30-15-19-45-30)32-34(42)39(22-25-8-12-27(44-2)13-9-25)35(40(32)33(29)41)16-4-3-5-17-35;25-17-16-12(14-5-9-27-14)10-13(22-15-4-8-20-11-21-15)18(26)24(16)19(23-17)6-2-1-3-7-19;3-2(4,5)1-6/h6-14,18,20,23,30H,3-5,15-17,19,21-22H2,1-2H3;4,8,10-11,14H,1-3,5-7,9H2,(H,23,25)(H,20,21,22);1H. The first kappa shape index (κ1) is 53.4. The number of hydrogen-bond donors (Lipinski definition) is 2. The Hall–Kier alpha value is -7.98. The van der Waals surface area contributed by atoms with Crippen molar-refractivity contribution in [1.82, 2.24) is 39.3 Å². The number of rotatable bonds is 12. The predicted octanol–water partition coefficient (Wildman–Crippen LogP) is 8.68. The summed E-state index contributed by atoms with van der Waals surface area (Å²) in [6, 6.07) is 22.7. The minimum atomic E-state index is -4.64. The molecule has 4 aliphatic heterocycles. The van der Waals surface area contributed by atoms with Gasteiger partial charge in [-0.05, 0) is 111 Å². The number of amides is 2. The summed E-state index contributed by atoms with van der Waals surface area (Å²) in [5, 5.41) is 6.23. The maximum atomic E-state index is 15.0. The van der Waals surface area contributed by atoms with E-state index in [1.54, 1.807) is 49.4 Å². The molecule has 2 saturated carbocycles. The Bertz CT molecular complexity index is 3250. The highest BCUT2D eigenvalue weighted by atomic mass is 19.4. The number of hydrogen-bond acceptors (Lipinski definition) is 15. The Morgan fingerprint density at radius 3 is 1.82 bits per heavy atom. The van der Waals surface area contributed by atoms with Crippen molar-refractivity contribution in [3.05, 3.63) is 152 Å². The third-order valence-corrected chi connectivity index (χ3v) is 15.3. The fraction of sp³-hybridized carbons (Fsp3) is 0.411. The summed E-state index contributed by atoms with van der Waals surface area (Å²) < 4.78 is 57.2. The molecule has 408 valence electrons. The van der Waals surface area contributed by atoms with Crippen LogP contribution in [0.2, 0.25) is 0 Å². The van der Waals surface area contributed by atoms with E-state index in [0.29, 0.717) is 73.5 Å². The Morgan fingerprint density at radius 1 is 0.731 bits per heavy atom. The predicted molar refractivity (Wildman–Crippen MR) is 279 cm³/mol. The van der Waals surface area contributed by atoms with Gasteiger partial charge in [-0.2, -0.15) is 13.2 Å². The lowest BCUT2D eigenvalue weighted by atomic mass is 9.87. The Kier molecular flexibility index (Phi) is 15.4. The van der Waals surface area contributed by atoms with E-state index < -0.39 is 23.8 Å². The first-order chi connectivity index (χ1) is 37.8. The highest BCUT2D eigenvalue weighted by molar-refractivity contribution is 5.98. The number of ether oxygens (including phenoxy) is 4. The molecular weight excluding hydrogens is 1010 g/mol. The Labute approximate surface area is 446 Å². The first-order valence-electron chi connectivity index (χ1n) is 26.1. The van der Waals surface area contributed by atoms with Crippen LogP contribution in [0.1, 0.15) is 132 Å². The van der Waals surface area contributed by atoms with Crippen molar-refractivity contribution in [3.63, 3.8) is 0 Å². The molecule has 2 N–H and O–H groups in total. The minimum Gasteiger partial charge on any atom is -0.497 e. The number of carbonyl (C=O) groups excluding carboxylic acids is 3. The molecule has 0 radical (unpaired) electrons. The van der Waals surface area contributed by atoms with Crippen molar-refractivity contribution in [2.45, 2.75) is 120 Å². The molecule has 2 aromatic carbocycles. The topological polar surface area (TPSA) is 214 Å². The van der Waals surface area contributed by atoms with E-state index >= 15 is 0 Å². The van der Waals surface area contributed by atoms with Crippen LogP contribution >= 0.6 is 0 Å². The van der Waals surface area contributed by atoms with Gasteiger partial charge in [0.2, 0.25) is 6.29 Å². The monoisotopic (exact) mass is 1070 g/mol. The number of alkyl halides is 3. The molecule has 2 unspecified atom stereocenters. The summed E-state index contributed by atoms with van der Waals surface area (Å²) in [6.07, 6.45) is 10.7. The molecule has 4 fully saturated rings. The number of halogens is 3. The average molecular weight is 1070 g/mol. The van der Waals surface area contributed by atoms with E-state index in [9.17, 15) is 32.3 Å². The van der Waals surface area contributed by atoms with Crippen molar-refractivity contribution < 1.29 is 46.5 Å². The van der Waals surface area contributed by atoms with Gasteiger partial charge in [0, 0.05) is 49.5 Å². The maximum Gasteiger partial charge on any atom is 0.446 e. The van der Waals surface area contributed by atoms with Crippen LogP contribution in [0.25, 0.3) is 0 Å². The van der Waals surface area contributed by atoms with E-state index in [0.717, 1.165) is 98.0 Å². The van der Waals surface area contributed by atoms with E-state index in [4.69, 9.17) is 23.7 Å². The SMILES string of the molecule is COc1ccc(CN(c2ccncn2)c2cc(C3CCO3)c3n(c2=O)C2(CCCCC2)N(Cc2ccc(OC)cc2)C3=O)cc1.O=C1NC2(CCCCC2)n2c1c(C1CCO1)cc(Nc1ccncn1)c2=O.O=CC(F)(F)F. The number of nitrogens with one attached hydrogen (secondary N) is 2. The van der Waals surface area contributed by atoms with Gasteiger partial charge in [0.25, 0.3) is 22.9 Å². The van der Waals surface area contributed by atoms with E-state index in [1.807, 2.05) is 69.0 Å². The van der Waals surface area contributed by atoms with Crippen LogP contribution < -0.4 is 36.1 Å². The van der Waals surface area contributed by atoms with Gasteiger partial charge >= 0.3 is 6.18 Å². The molecule has 12 rings (SSSR count). The van der Waals surface area contributed by atoms with E-state index in [-0.39, 0.29) is 35.1 Å². The molecule has 78 heavy (non-hydrogen) atoms. The average Bonchev–Trinajstić information content (AvgIpc) is 3.86. The molecule has 2 aliphatic carbocycles. The van der Waals surface area contributed by atoms with Crippen molar-refractivity contribution in [3.8, 4) is 11.5 Å². The van der Waals surface area contributed by atoms with Crippen molar-refractivity contribution >= 4 is 41.1 Å². The molecule has 19 nitrogen and oxygen atoms in total. The zero-order valence-corrected chi connectivity index (χ0v) is 43.2. The van der Waals surface area contributed by atoms with Gasteiger partial charge in [-0.25, -0.2) is 19.9 Å². The largest absolute Gasteiger partial charge is 0.497 e. The highest BCUT2D eigenvalue weighted by Crippen LogP contribution is 2.48. The quantitative estimate of drug-likeness (QED) is 0.110. The normalized spacial score (nSPS) is 19.4. The fourth-order valence-corrected chi connectivity index (χ4v) is 11.4. The molecule has 4 aromatic heterocycles. The summed E-state index contributed by atoms with van der Waals surface area (Å²) >= 11 is 0. The molecule has 6 aromatic rings. The number of benzene rings is 2. The number of anilines is 4. The third kappa shape index (κ3) is 10.6. The number of aldehydes is 1. The van der Waals surface area contributed by atoms with E-state index in [1.165, 1.54) is 12.7 Å². The van der Waals surface area contributed by atoms with Crippen molar-refractivity contribution in [2.75, 3.05) is 37.7 Å². The lowest BCUT2D eigenvalue weighted by Gasteiger charge is -2.43. The fourth-order valence-electron chi connectivity index (χ4n) is 11.4. The van der Waals surface area contributed by atoms with Gasteiger partial charge in [-0.3, -0.25) is 33.1 Å². The van der Waals surface area contributed by atoms with Crippen LogP contribution in [0.5, 0.6) is 11.5 Å². The summed E-state index contributed by atoms with van der Waals surface area (Å²) in [6.45, 7) is 2.07. The zero-order valence-electron chi connectivity index (χ0n) is 43.2. The van der Waals surface area contributed by atoms with Crippen molar-refractivity contribution in [1.29, 1.82) is 0 Å². The third-order valence-electron chi connectivity index (χ3n) is 15.3. The summed E-state index contributed by atoms with van der Waals surface area (Å²) in [5.74, 6) is 2.35. The Morgan fingerprint density at radius 2 is 1.29 bits per heavy atom. The minimum absolute atomic E-state index is 0.120.